The summed E-state index contributed by atoms with van der Waals surface area (Å²) in [6.07, 6.45) is 0. The Labute approximate surface area is 81.2 Å². The zero-order valence-electron chi connectivity index (χ0n) is 7.74. The van der Waals surface area contributed by atoms with E-state index in [-0.39, 0.29) is 17.8 Å². The lowest BCUT2D eigenvalue weighted by atomic mass is 10.1. The number of benzene rings is 1. The number of halogens is 1. The molecule has 0 aliphatic carbocycles. The molecule has 0 spiro atoms. The van der Waals surface area contributed by atoms with Crippen molar-refractivity contribution in [1.82, 2.24) is 5.48 Å². The van der Waals surface area contributed by atoms with Gasteiger partial charge in [-0.2, -0.15) is 0 Å². The molecule has 1 aromatic carbocycles. The maximum absolute atomic E-state index is 12.8. The average Bonchev–Trinajstić information content (AvgIpc) is 2.17. The molecule has 0 aromatic heterocycles. The molecule has 4 N–H and O–H groups in total. The summed E-state index contributed by atoms with van der Waals surface area (Å²) in [5.74, 6) is -0.415. The Hall–Kier alpha value is -1.62. The summed E-state index contributed by atoms with van der Waals surface area (Å²) in [5, 5.41) is 8.41. The van der Waals surface area contributed by atoms with E-state index < -0.39 is 0 Å². The minimum Gasteiger partial charge on any atom is -0.368 e. The van der Waals surface area contributed by atoms with Crippen LogP contribution in [-0.4, -0.2) is 11.2 Å². The lowest BCUT2D eigenvalue weighted by Gasteiger charge is -2.07. The number of nitrogens with zero attached hydrogens (tertiary/aromatic N) is 1. The van der Waals surface area contributed by atoms with Crippen molar-refractivity contribution < 1.29 is 9.60 Å². The van der Waals surface area contributed by atoms with Crippen molar-refractivity contribution in [3.05, 3.63) is 35.6 Å². The van der Waals surface area contributed by atoms with Gasteiger partial charge in [0.2, 0.25) is 5.96 Å². The van der Waals surface area contributed by atoms with Gasteiger partial charge >= 0.3 is 0 Å². The first-order chi connectivity index (χ1) is 6.63. The van der Waals surface area contributed by atoms with Gasteiger partial charge in [-0.15, -0.1) is 0 Å². The molecule has 1 aromatic rings. The molecule has 0 heterocycles. The zero-order chi connectivity index (χ0) is 10.6. The minimum absolute atomic E-state index is 0.0956. The Morgan fingerprint density at radius 2 is 2.36 bits per heavy atom. The molecule has 0 radical (unpaired) electrons. The van der Waals surface area contributed by atoms with Crippen LogP contribution >= 0.6 is 0 Å². The zero-order valence-corrected chi connectivity index (χ0v) is 7.74. The predicted octanol–water partition coefficient (Wildman–Crippen LogP) is 1.18. The number of hydrogen-bond acceptors (Lipinski definition) is 2. The van der Waals surface area contributed by atoms with Gasteiger partial charge in [-0.3, -0.25) is 5.21 Å². The molecule has 76 valence electrons. The van der Waals surface area contributed by atoms with Crippen molar-refractivity contribution in [2.75, 3.05) is 0 Å². The maximum Gasteiger partial charge on any atom is 0.213 e. The highest BCUT2D eigenvalue weighted by atomic mass is 19.1. The first kappa shape index (κ1) is 10.5. The number of hydroxylamine groups is 1. The molecule has 0 saturated carbocycles. The van der Waals surface area contributed by atoms with Gasteiger partial charge in [0.05, 0.1) is 6.04 Å². The fraction of sp³-hybridized carbons (Fsp3) is 0.222. The first-order valence-corrected chi connectivity index (χ1v) is 4.12. The third-order valence-electron chi connectivity index (χ3n) is 1.78. The van der Waals surface area contributed by atoms with E-state index in [0.717, 1.165) is 0 Å². The van der Waals surface area contributed by atoms with Gasteiger partial charge in [-0.1, -0.05) is 12.1 Å². The van der Waals surface area contributed by atoms with Crippen LogP contribution in [0.3, 0.4) is 0 Å². The molecule has 1 atom stereocenters. The Morgan fingerprint density at radius 1 is 1.64 bits per heavy atom. The monoisotopic (exact) mass is 197 g/mol. The molecular weight excluding hydrogens is 185 g/mol. The number of nitrogens with two attached hydrogens (primary N) is 1. The number of hydrogen-bond donors (Lipinski definition) is 3. The quantitative estimate of drug-likeness (QED) is 0.379. The molecule has 0 amide bonds. The molecule has 14 heavy (non-hydrogen) atoms. The molecular formula is C9H12FN3O. The highest BCUT2D eigenvalue weighted by Crippen LogP contribution is 2.16. The smallest absolute Gasteiger partial charge is 0.213 e. The van der Waals surface area contributed by atoms with Crippen LogP contribution in [0, 0.1) is 5.82 Å². The van der Waals surface area contributed by atoms with E-state index in [1.54, 1.807) is 24.5 Å². The van der Waals surface area contributed by atoms with Crippen LogP contribution in [-0.2, 0) is 0 Å². The second kappa shape index (κ2) is 4.57. The number of nitrogens with one attached hydrogen (secondary N) is 1. The van der Waals surface area contributed by atoms with E-state index in [4.69, 9.17) is 10.9 Å². The Bertz CT molecular complexity index is 341. The van der Waals surface area contributed by atoms with E-state index >= 15 is 0 Å². The Balaban J connectivity index is 2.84. The van der Waals surface area contributed by atoms with Crippen molar-refractivity contribution in [2.45, 2.75) is 13.0 Å². The summed E-state index contributed by atoms with van der Waals surface area (Å²) in [7, 11) is 0. The van der Waals surface area contributed by atoms with Crippen LogP contribution in [0.2, 0.25) is 0 Å². The highest BCUT2D eigenvalue weighted by molar-refractivity contribution is 5.76. The largest absolute Gasteiger partial charge is 0.368 e. The van der Waals surface area contributed by atoms with Gasteiger partial charge in [-0.05, 0) is 24.6 Å². The van der Waals surface area contributed by atoms with Crippen LogP contribution < -0.4 is 11.2 Å². The van der Waals surface area contributed by atoms with E-state index in [0.29, 0.717) is 5.56 Å². The summed E-state index contributed by atoms with van der Waals surface area (Å²) in [4.78, 5) is 3.87. The van der Waals surface area contributed by atoms with Crippen molar-refractivity contribution in [3.63, 3.8) is 0 Å². The lowest BCUT2D eigenvalue weighted by Crippen LogP contribution is -2.28. The van der Waals surface area contributed by atoms with Gasteiger partial charge in [0.1, 0.15) is 5.82 Å². The van der Waals surface area contributed by atoms with Gasteiger partial charge in [0.25, 0.3) is 0 Å². The van der Waals surface area contributed by atoms with Crippen LogP contribution in [0.15, 0.2) is 29.3 Å². The van der Waals surface area contributed by atoms with E-state index in [9.17, 15) is 4.39 Å². The van der Waals surface area contributed by atoms with Crippen LogP contribution in [0.4, 0.5) is 4.39 Å². The highest BCUT2D eigenvalue weighted by Gasteiger charge is 2.04. The van der Waals surface area contributed by atoms with Gasteiger partial charge < -0.3 is 5.73 Å². The fourth-order valence-electron chi connectivity index (χ4n) is 1.08. The van der Waals surface area contributed by atoms with E-state index in [1.807, 2.05) is 0 Å². The third-order valence-corrected chi connectivity index (χ3v) is 1.78. The van der Waals surface area contributed by atoms with Crippen molar-refractivity contribution in [1.29, 1.82) is 0 Å². The van der Waals surface area contributed by atoms with Gasteiger partial charge in [0.15, 0.2) is 0 Å². The summed E-state index contributed by atoms with van der Waals surface area (Å²) in [5.41, 5.74) is 7.66. The summed E-state index contributed by atoms with van der Waals surface area (Å²) in [6.45, 7) is 1.75. The SMILES string of the molecule is CC(N=C(N)NO)c1cccc(F)c1. The summed E-state index contributed by atoms with van der Waals surface area (Å²) < 4.78 is 12.8. The first-order valence-electron chi connectivity index (χ1n) is 4.12. The van der Waals surface area contributed by atoms with E-state index in [1.165, 1.54) is 12.1 Å². The van der Waals surface area contributed by atoms with Crippen molar-refractivity contribution in [3.8, 4) is 0 Å². The van der Waals surface area contributed by atoms with Gasteiger partial charge in [0, 0.05) is 0 Å². The standard InChI is InChI=1S/C9H12FN3O/c1-6(12-9(11)13-14)7-3-2-4-8(10)5-7/h2-6,14H,1H3,(H3,11,12,13). The second-order valence-electron chi connectivity index (χ2n) is 2.86. The molecule has 0 aliphatic rings. The third kappa shape index (κ3) is 2.70. The number of rotatable bonds is 2. The Morgan fingerprint density at radius 3 is 2.93 bits per heavy atom. The molecule has 0 fully saturated rings. The van der Waals surface area contributed by atoms with Crippen LogP contribution in [0.5, 0.6) is 0 Å². The topological polar surface area (TPSA) is 70.6 Å². The molecule has 1 rings (SSSR count). The summed E-state index contributed by atoms with van der Waals surface area (Å²) >= 11 is 0. The lowest BCUT2D eigenvalue weighted by molar-refractivity contribution is 0.232. The number of aliphatic imine (C=N–C) groups is 1. The number of guanidine groups is 1. The maximum atomic E-state index is 12.8. The minimum atomic E-state index is -0.319. The average molecular weight is 197 g/mol. The predicted molar refractivity (Wildman–Crippen MR) is 51.4 cm³/mol. The van der Waals surface area contributed by atoms with Crippen molar-refractivity contribution >= 4 is 5.96 Å². The van der Waals surface area contributed by atoms with Gasteiger partial charge in [-0.25, -0.2) is 14.9 Å². The molecule has 0 aliphatic heterocycles. The molecule has 1 unspecified atom stereocenters. The molecule has 0 saturated heterocycles. The fourth-order valence-corrected chi connectivity index (χ4v) is 1.08. The van der Waals surface area contributed by atoms with Crippen LogP contribution in [0.1, 0.15) is 18.5 Å². The van der Waals surface area contributed by atoms with E-state index in [2.05, 4.69) is 4.99 Å². The van der Waals surface area contributed by atoms with Crippen LogP contribution in [0.25, 0.3) is 0 Å². The molecule has 0 bridgehead atoms. The Kier molecular flexibility index (Phi) is 3.41. The molecule has 5 heteroatoms. The second-order valence-corrected chi connectivity index (χ2v) is 2.86. The normalized spacial score (nSPS) is 13.8. The van der Waals surface area contributed by atoms with Crippen molar-refractivity contribution in [2.24, 2.45) is 10.7 Å². The molecule has 4 nitrogen and oxygen atoms in total. The summed E-state index contributed by atoms with van der Waals surface area (Å²) in [6, 6.07) is 5.76.